The fraction of sp³-hybridized carbons (Fsp3) is 0.923. The van der Waals surface area contributed by atoms with Gasteiger partial charge in [0.1, 0.15) is 5.78 Å². The number of carbonyl (C=O) groups is 1. The maximum absolute atomic E-state index is 11.7. The highest BCUT2D eigenvalue weighted by molar-refractivity contribution is 5.78. The second kappa shape index (κ2) is 9.38. The Labute approximate surface area is 118 Å². The van der Waals surface area contributed by atoms with Crippen LogP contribution in [-0.4, -0.2) is 76.1 Å². The molecule has 0 aliphatic rings. The van der Waals surface area contributed by atoms with E-state index in [1.165, 1.54) is 0 Å². The van der Waals surface area contributed by atoms with Gasteiger partial charge < -0.3 is 30.6 Å². The minimum atomic E-state index is -1.07. The summed E-state index contributed by atoms with van der Waals surface area (Å²) in [5, 5.41) is 54.8. The van der Waals surface area contributed by atoms with Gasteiger partial charge in [0, 0.05) is 23.7 Å². The molecule has 0 spiro atoms. The van der Waals surface area contributed by atoms with E-state index >= 15 is 0 Å². The Kier molecular flexibility index (Phi) is 9.11. The third-order valence-corrected chi connectivity index (χ3v) is 3.88. The van der Waals surface area contributed by atoms with Gasteiger partial charge in [0.05, 0.1) is 39.6 Å². The van der Waals surface area contributed by atoms with Crippen molar-refractivity contribution in [2.24, 2.45) is 10.8 Å². The lowest BCUT2D eigenvalue weighted by Crippen LogP contribution is -2.35. The molecule has 7 nitrogen and oxygen atoms in total. The summed E-state index contributed by atoms with van der Waals surface area (Å²) in [5.74, 6) is -0.176. The van der Waals surface area contributed by atoms with Gasteiger partial charge in [-0.1, -0.05) is 0 Å². The zero-order valence-corrected chi connectivity index (χ0v) is 11.7. The van der Waals surface area contributed by atoms with Gasteiger partial charge in [-0.25, -0.2) is 0 Å². The molecule has 20 heavy (non-hydrogen) atoms. The lowest BCUT2D eigenvalue weighted by atomic mass is 9.82. The SMILES string of the molecule is O=C(CCC(CO)(CO)CO)CCC(CO)(CO)CO. The Morgan fingerprint density at radius 1 is 0.600 bits per heavy atom. The summed E-state index contributed by atoms with van der Waals surface area (Å²) < 4.78 is 0. The van der Waals surface area contributed by atoms with Gasteiger partial charge in [-0.05, 0) is 12.8 Å². The third-order valence-electron chi connectivity index (χ3n) is 3.88. The van der Waals surface area contributed by atoms with Crippen molar-refractivity contribution in [3.63, 3.8) is 0 Å². The van der Waals surface area contributed by atoms with E-state index in [0.29, 0.717) is 0 Å². The molecule has 0 aliphatic carbocycles. The van der Waals surface area contributed by atoms with E-state index in [1.54, 1.807) is 0 Å². The van der Waals surface area contributed by atoms with Crippen molar-refractivity contribution >= 4 is 5.78 Å². The molecule has 0 radical (unpaired) electrons. The summed E-state index contributed by atoms with van der Waals surface area (Å²) in [6, 6.07) is 0. The second-order valence-electron chi connectivity index (χ2n) is 5.49. The molecule has 0 fully saturated rings. The van der Waals surface area contributed by atoms with Crippen LogP contribution in [0, 0.1) is 10.8 Å². The Morgan fingerprint density at radius 2 is 0.850 bits per heavy atom. The van der Waals surface area contributed by atoms with Crippen molar-refractivity contribution in [1.29, 1.82) is 0 Å². The van der Waals surface area contributed by atoms with Crippen LogP contribution in [0.2, 0.25) is 0 Å². The first-order chi connectivity index (χ1) is 9.46. The maximum atomic E-state index is 11.7. The molecule has 7 heteroatoms. The first-order valence-electron chi connectivity index (χ1n) is 6.64. The van der Waals surface area contributed by atoms with Gasteiger partial charge in [0.2, 0.25) is 0 Å². The number of aliphatic hydroxyl groups is 6. The molecule has 0 atom stereocenters. The Balaban J connectivity index is 4.30. The molecule has 0 saturated carbocycles. The monoisotopic (exact) mass is 294 g/mol. The number of hydrogen-bond acceptors (Lipinski definition) is 7. The van der Waals surface area contributed by atoms with Gasteiger partial charge in [0.25, 0.3) is 0 Å². The molecular weight excluding hydrogens is 268 g/mol. The first kappa shape index (κ1) is 19.4. The Bertz CT molecular complexity index is 229. The maximum Gasteiger partial charge on any atom is 0.132 e. The lowest BCUT2D eigenvalue weighted by Gasteiger charge is -2.28. The molecule has 0 saturated heterocycles. The number of carbonyl (C=O) groups excluding carboxylic acids is 1. The summed E-state index contributed by atoms with van der Waals surface area (Å²) in [4.78, 5) is 11.7. The smallest absolute Gasteiger partial charge is 0.132 e. The second-order valence-corrected chi connectivity index (χ2v) is 5.49. The van der Waals surface area contributed by atoms with Crippen LogP contribution in [0.3, 0.4) is 0 Å². The number of Topliss-reactive ketones (excluding diaryl/α,β-unsaturated/α-hetero) is 1. The molecule has 0 bridgehead atoms. The van der Waals surface area contributed by atoms with Crippen LogP contribution in [0.4, 0.5) is 0 Å². The van der Waals surface area contributed by atoms with Crippen molar-refractivity contribution in [1.82, 2.24) is 0 Å². The van der Waals surface area contributed by atoms with E-state index in [9.17, 15) is 4.79 Å². The standard InChI is InChI=1S/C13H26O7/c14-5-12(6-15,7-16)3-1-11(20)2-4-13(8-17,9-18)10-19/h14-19H,1-10H2. The van der Waals surface area contributed by atoms with Crippen LogP contribution in [-0.2, 0) is 4.79 Å². The van der Waals surface area contributed by atoms with Crippen LogP contribution in [0.15, 0.2) is 0 Å². The van der Waals surface area contributed by atoms with Gasteiger partial charge in [0.15, 0.2) is 0 Å². The third kappa shape index (κ3) is 5.43. The molecule has 0 aromatic heterocycles. The molecule has 0 aromatic rings. The van der Waals surface area contributed by atoms with E-state index in [-0.39, 0.29) is 31.5 Å². The van der Waals surface area contributed by atoms with Crippen molar-refractivity contribution in [3.05, 3.63) is 0 Å². The van der Waals surface area contributed by atoms with Crippen LogP contribution in [0.5, 0.6) is 0 Å². The largest absolute Gasteiger partial charge is 0.396 e. The fourth-order valence-electron chi connectivity index (χ4n) is 1.71. The summed E-state index contributed by atoms with van der Waals surface area (Å²) in [5.41, 5.74) is -2.14. The van der Waals surface area contributed by atoms with Gasteiger partial charge in [-0.15, -0.1) is 0 Å². The van der Waals surface area contributed by atoms with Gasteiger partial charge in [-0.3, -0.25) is 4.79 Å². The molecule has 0 amide bonds. The van der Waals surface area contributed by atoms with Crippen molar-refractivity contribution in [3.8, 4) is 0 Å². The van der Waals surface area contributed by atoms with Gasteiger partial charge in [-0.2, -0.15) is 0 Å². The van der Waals surface area contributed by atoms with Crippen molar-refractivity contribution in [2.45, 2.75) is 25.7 Å². The van der Waals surface area contributed by atoms with E-state index in [1.807, 2.05) is 0 Å². The molecule has 0 heterocycles. The van der Waals surface area contributed by atoms with Crippen LogP contribution in [0.1, 0.15) is 25.7 Å². The Morgan fingerprint density at radius 3 is 1.05 bits per heavy atom. The predicted octanol–water partition coefficient (Wildman–Crippen LogP) is -1.96. The van der Waals surface area contributed by atoms with Crippen molar-refractivity contribution in [2.75, 3.05) is 39.6 Å². The molecule has 0 unspecified atom stereocenters. The average molecular weight is 294 g/mol. The van der Waals surface area contributed by atoms with Crippen LogP contribution < -0.4 is 0 Å². The van der Waals surface area contributed by atoms with Gasteiger partial charge >= 0.3 is 0 Å². The number of hydrogen-bond donors (Lipinski definition) is 6. The highest BCUT2D eigenvalue weighted by atomic mass is 16.3. The summed E-state index contributed by atoms with van der Waals surface area (Å²) in [6.07, 6.45) is 0.444. The average Bonchev–Trinajstić information content (AvgIpc) is 2.51. The minimum Gasteiger partial charge on any atom is -0.396 e. The fourth-order valence-corrected chi connectivity index (χ4v) is 1.71. The molecular formula is C13H26O7. The summed E-state index contributed by atoms with van der Waals surface area (Å²) in [6.45, 7) is -2.49. The highest BCUT2D eigenvalue weighted by Crippen LogP contribution is 2.25. The quantitative estimate of drug-likeness (QED) is 0.246. The van der Waals surface area contributed by atoms with Crippen LogP contribution >= 0.6 is 0 Å². The van der Waals surface area contributed by atoms with Crippen molar-refractivity contribution < 1.29 is 35.4 Å². The molecule has 0 aromatic carbocycles. The van der Waals surface area contributed by atoms with E-state index < -0.39 is 50.5 Å². The minimum absolute atomic E-state index is 0.0695. The van der Waals surface area contributed by atoms with E-state index in [4.69, 9.17) is 30.6 Å². The Hall–Kier alpha value is -0.570. The number of ketones is 1. The van der Waals surface area contributed by atoms with Crippen LogP contribution in [0.25, 0.3) is 0 Å². The zero-order chi connectivity index (χ0) is 15.6. The molecule has 0 aliphatic heterocycles. The normalized spacial score (nSPS) is 12.7. The predicted molar refractivity (Wildman–Crippen MR) is 70.9 cm³/mol. The molecule has 0 rings (SSSR count). The zero-order valence-electron chi connectivity index (χ0n) is 11.7. The summed E-state index contributed by atoms with van der Waals surface area (Å²) >= 11 is 0. The summed E-state index contributed by atoms with van der Waals surface area (Å²) in [7, 11) is 0. The van der Waals surface area contributed by atoms with E-state index in [0.717, 1.165) is 0 Å². The first-order valence-corrected chi connectivity index (χ1v) is 6.64. The lowest BCUT2D eigenvalue weighted by molar-refractivity contribution is -0.121. The number of aliphatic hydroxyl groups excluding tert-OH is 6. The molecule has 120 valence electrons. The molecule has 6 N–H and O–H groups in total. The topological polar surface area (TPSA) is 138 Å². The number of rotatable bonds is 12. The van der Waals surface area contributed by atoms with E-state index in [2.05, 4.69) is 0 Å². The highest BCUT2D eigenvalue weighted by Gasteiger charge is 2.31.